The van der Waals surface area contributed by atoms with Crippen molar-refractivity contribution in [1.82, 2.24) is 4.90 Å². The van der Waals surface area contributed by atoms with Crippen LogP contribution in [-0.2, 0) is 11.3 Å². The van der Waals surface area contributed by atoms with Crippen LogP contribution in [0.3, 0.4) is 0 Å². The average molecular weight is 220 g/mol. The number of nitrogens with two attached hydrogens (primary N) is 1. The van der Waals surface area contributed by atoms with Gasteiger partial charge in [-0.25, -0.2) is 0 Å². The van der Waals surface area contributed by atoms with Crippen molar-refractivity contribution < 1.29 is 4.74 Å². The van der Waals surface area contributed by atoms with Crippen LogP contribution in [0.25, 0.3) is 0 Å². The maximum atomic E-state index is 5.92. The van der Waals surface area contributed by atoms with Crippen molar-refractivity contribution in [2.24, 2.45) is 0 Å². The first-order chi connectivity index (χ1) is 7.68. The number of anilines is 1. The van der Waals surface area contributed by atoms with E-state index in [9.17, 15) is 0 Å². The number of hydrogen-bond acceptors (Lipinski definition) is 3. The fourth-order valence-corrected chi connectivity index (χ4v) is 2.09. The quantitative estimate of drug-likeness (QED) is 0.772. The largest absolute Gasteiger partial charge is 0.399 e. The SMILES string of the molecule is Cc1c(N)cccc1CN1CCOCC1C. The molecular weight excluding hydrogens is 200 g/mol. The lowest BCUT2D eigenvalue weighted by atomic mass is 10.1. The lowest BCUT2D eigenvalue weighted by Gasteiger charge is -2.33. The molecule has 2 N–H and O–H groups in total. The molecule has 1 fully saturated rings. The number of nitrogen functional groups attached to an aromatic ring is 1. The topological polar surface area (TPSA) is 38.5 Å². The summed E-state index contributed by atoms with van der Waals surface area (Å²) in [5, 5.41) is 0. The molecule has 88 valence electrons. The molecule has 1 atom stereocenters. The second-order valence-electron chi connectivity index (χ2n) is 4.53. The molecule has 3 heteroatoms. The molecule has 0 aliphatic carbocycles. The number of hydrogen-bond donors (Lipinski definition) is 1. The van der Waals surface area contributed by atoms with Crippen molar-refractivity contribution in [3.63, 3.8) is 0 Å². The monoisotopic (exact) mass is 220 g/mol. The number of morpholine rings is 1. The zero-order valence-electron chi connectivity index (χ0n) is 10.1. The third kappa shape index (κ3) is 2.36. The smallest absolute Gasteiger partial charge is 0.0619 e. The van der Waals surface area contributed by atoms with Crippen molar-refractivity contribution in [2.45, 2.75) is 26.4 Å². The van der Waals surface area contributed by atoms with Gasteiger partial charge in [0.2, 0.25) is 0 Å². The Balaban J connectivity index is 2.10. The van der Waals surface area contributed by atoms with Gasteiger partial charge in [0.1, 0.15) is 0 Å². The molecule has 1 aliphatic heterocycles. The van der Waals surface area contributed by atoms with Gasteiger partial charge in [-0.3, -0.25) is 4.90 Å². The van der Waals surface area contributed by atoms with E-state index in [0.717, 1.165) is 32.0 Å². The van der Waals surface area contributed by atoms with Gasteiger partial charge < -0.3 is 10.5 Å². The molecule has 1 unspecified atom stereocenters. The molecule has 0 bridgehead atoms. The Hall–Kier alpha value is -1.06. The molecule has 1 heterocycles. The van der Waals surface area contributed by atoms with Gasteiger partial charge in [0.05, 0.1) is 13.2 Å². The Morgan fingerprint density at radius 1 is 1.50 bits per heavy atom. The first kappa shape index (κ1) is 11.4. The van der Waals surface area contributed by atoms with E-state index in [2.05, 4.69) is 24.8 Å². The summed E-state index contributed by atoms with van der Waals surface area (Å²) in [6.45, 7) is 7.96. The van der Waals surface area contributed by atoms with Gasteiger partial charge in [-0.05, 0) is 31.0 Å². The second kappa shape index (κ2) is 4.85. The first-order valence-corrected chi connectivity index (χ1v) is 5.84. The van der Waals surface area contributed by atoms with E-state index in [1.165, 1.54) is 11.1 Å². The standard InChI is InChI=1S/C13H20N2O/c1-10-9-16-7-6-15(10)8-12-4-3-5-13(14)11(12)2/h3-5,10H,6-9,14H2,1-2H3. The van der Waals surface area contributed by atoms with Crippen molar-refractivity contribution in [3.8, 4) is 0 Å². The Kier molecular flexibility index (Phi) is 3.46. The molecule has 1 aromatic carbocycles. The summed E-state index contributed by atoms with van der Waals surface area (Å²) in [5.41, 5.74) is 9.34. The van der Waals surface area contributed by atoms with E-state index in [4.69, 9.17) is 10.5 Å². The van der Waals surface area contributed by atoms with Crippen molar-refractivity contribution in [3.05, 3.63) is 29.3 Å². The average Bonchev–Trinajstić information content (AvgIpc) is 2.28. The van der Waals surface area contributed by atoms with Crippen LogP contribution < -0.4 is 5.73 Å². The molecule has 16 heavy (non-hydrogen) atoms. The molecule has 3 nitrogen and oxygen atoms in total. The minimum Gasteiger partial charge on any atom is -0.399 e. The van der Waals surface area contributed by atoms with Gasteiger partial charge in [0.25, 0.3) is 0 Å². The van der Waals surface area contributed by atoms with E-state index in [-0.39, 0.29) is 0 Å². The Morgan fingerprint density at radius 2 is 2.31 bits per heavy atom. The van der Waals surface area contributed by atoms with E-state index >= 15 is 0 Å². The fourth-order valence-electron chi connectivity index (χ4n) is 2.09. The van der Waals surface area contributed by atoms with E-state index in [1.807, 2.05) is 12.1 Å². The molecule has 0 aromatic heterocycles. The molecule has 0 saturated carbocycles. The normalized spacial score (nSPS) is 22.2. The van der Waals surface area contributed by atoms with Crippen LogP contribution >= 0.6 is 0 Å². The Bertz CT molecular complexity index is 365. The van der Waals surface area contributed by atoms with Crippen LogP contribution in [0, 0.1) is 6.92 Å². The Morgan fingerprint density at radius 3 is 3.06 bits per heavy atom. The molecule has 0 radical (unpaired) electrons. The maximum Gasteiger partial charge on any atom is 0.0619 e. The third-order valence-corrected chi connectivity index (χ3v) is 3.37. The third-order valence-electron chi connectivity index (χ3n) is 3.37. The van der Waals surface area contributed by atoms with Crippen molar-refractivity contribution >= 4 is 5.69 Å². The number of benzene rings is 1. The highest BCUT2D eigenvalue weighted by Crippen LogP contribution is 2.19. The molecule has 2 rings (SSSR count). The minimum atomic E-state index is 0.495. The van der Waals surface area contributed by atoms with Crippen molar-refractivity contribution in [2.75, 3.05) is 25.5 Å². The highest BCUT2D eigenvalue weighted by Gasteiger charge is 2.19. The van der Waals surface area contributed by atoms with Gasteiger partial charge in [-0.15, -0.1) is 0 Å². The summed E-state index contributed by atoms with van der Waals surface area (Å²) in [6.07, 6.45) is 0. The van der Waals surface area contributed by atoms with Gasteiger partial charge in [-0.2, -0.15) is 0 Å². The van der Waals surface area contributed by atoms with Crippen LogP contribution in [0.4, 0.5) is 5.69 Å². The van der Waals surface area contributed by atoms with Crippen LogP contribution in [0.15, 0.2) is 18.2 Å². The maximum absolute atomic E-state index is 5.92. The predicted molar refractivity (Wildman–Crippen MR) is 66.3 cm³/mol. The predicted octanol–water partition coefficient (Wildman–Crippen LogP) is 1.80. The molecule has 0 amide bonds. The van der Waals surface area contributed by atoms with E-state index in [1.54, 1.807) is 0 Å². The molecule has 1 aromatic rings. The molecular formula is C13H20N2O. The lowest BCUT2D eigenvalue weighted by molar-refractivity contribution is -0.00443. The molecule has 1 saturated heterocycles. The fraction of sp³-hybridized carbons (Fsp3) is 0.538. The summed E-state index contributed by atoms with van der Waals surface area (Å²) < 4.78 is 5.44. The molecule has 1 aliphatic rings. The minimum absolute atomic E-state index is 0.495. The highest BCUT2D eigenvalue weighted by molar-refractivity contribution is 5.49. The van der Waals surface area contributed by atoms with Gasteiger partial charge in [0.15, 0.2) is 0 Å². The summed E-state index contributed by atoms with van der Waals surface area (Å²) >= 11 is 0. The van der Waals surface area contributed by atoms with E-state index < -0.39 is 0 Å². The summed E-state index contributed by atoms with van der Waals surface area (Å²) in [7, 11) is 0. The van der Waals surface area contributed by atoms with Crippen molar-refractivity contribution in [1.29, 1.82) is 0 Å². The summed E-state index contributed by atoms with van der Waals surface area (Å²) in [4.78, 5) is 2.45. The second-order valence-corrected chi connectivity index (χ2v) is 4.53. The number of nitrogens with zero attached hydrogens (tertiary/aromatic N) is 1. The number of ether oxygens (including phenoxy) is 1. The van der Waals surface area contributed by atoms with Gasteiger partial charge in [0, 0.05) is 24.8 Å². The van der Waals surface area contributed by atoms with Gasteiger partial charge >= 0.3 is 0 Å². The first-order valence-electron chi connectivity index (χ1n) is 5.84. The lowest BCUT2D eigenvalue weighted by Crippen LogP contribution is -2.43. The zero-order valence-corrected chi connectivity index (χ0v) is 10.1. The van der Waals surface area contributed by atoms with Gasteiger partial charge in [-0.1, -0.05) is 12.1 Å². The Labute approximate surface area is 97.2 Å². The van der Waals surface area contributed by atoms with E-state index in [0.29, 0.717) is 6.04 Å². The zero-order chi connectivity index (χ0) is 11.5. The van der Waals surface area contributed by atoms with Crippen LogP contribution in [0.1, 0.15) is 18.1 Å². The summed E-state index contributed by atoms with van der Waals surface area (Å²) in [6, 6.07) is 6.65. The van der Waals surface area contributed by atoms with Crippen LogP contribution in [0.2, 0.25) is 0 Å². The van der Waals surface area contributed by atoms with Crippen LogP contribution in [0.5, 0.6) is 0 Å². The number of rotatable bonds is 2. The highest BCUT2D eigenvalue weighted by atomic mass is 16.5. The summed E-state index contributed by atoms with van der Waals surface area (Å²) in [5.74, 6) is 0. The van der Waals surface area contributed by atoms with Crippen LogP contribution in [-0.4, -0.2) is 30.7 Å². The molecule has 0 spiro atoms.